The molecule has 3 rings (SSSR count). The molecule has 24 heavy (non-hydrogen) atoms. The monoisotopic (exact) mass is 329 g/mol. The van der Waals surface area contributed by atoms with Gasteiger partial charge in [0.05, 0.1) is 6.54 Å². The number of hydrogen-bond donors (Lipinski definition) is 2. The van der Waals surface area contributed by atoms with E-state index < -0.39 is 0 Å². The first-order valence-corrected chi connectivity index (χ1v) is 9.59. The van der Waals surface area contributed by atoms with Gasteiger partial charge >= 0.3 is 0 Å². The minimum absolute atomic E-state index is 0.107. The normalized spacial score (nSPS) is 20.0. The summed E-state index contributed by atoms with van der Waals surface area (Å²) >= 11 is 0. The highest BCUT2D eigenvalue weighted by atomic mass is 16.1. The van der Waals surface area contributed by atoms with Crippen molar-refractivity contribution in [3.63, 3.8) is 0 Å². The largest absolute Gasteiger partial charge is 0.376 e. The summed E-state index contributed by atoms with van der Waals surface area (Å²) in [4.78, 5) is 14.5. The van der Waals surface area contributed by atoms with Crippen molar-refractivity contribution in [2.75, 3.05) is 29.9 Å². The van der Waals surface area contributed by atoms with Crippen molar-refractivity contribution in [2.24, 2.45) is 5.92 Å². The molecule has 0 atom stereocenters. The van der Waals surface area contributed by atoms with Gasteiger partial charge in [-0.25, -0.2) is 0 Å². The Bertz CT molecular complexity index is 514. The van der Waals surface area contributed by atoms with Crippen molar-refractivity contribution < 1.29 is 4.79 Å². The standard InChI is InChI=1S/C20H31N3O/c1-16-11-13-23(14-12-16)19-9-7-17(8-10-19)21-15-20(24)22-18-5-3-2-4-6-18/h7-10,16,18,21H,2-6,11-15H2,1H3,(H,22,24). The zero-order valence-corrected chi connectivity index (χ0v) is 14.9. The van der Waals surface area contributed by atoms with Crippen LogP contribution in [0.15, 0.2) is 24.3 Å². The third-order valence-electron chi connectivity index (χ3n) is 5.44. The number of hydrogen-bond acceptors (Lipinski definition) is 3. The van der Waals surface area contributed by atoms with Crippen LogP contribution in [-0.2, 0) is 4.79 Å². The predicted molar refractivity (Wildman–Crippen MR) is 101 cm³/mol. The summed E-state index contributed by atoms with van der Waals surface area (Å²) in [6.45, 7) is 5.00. The van der Waals surface area contributed by atoms with Gasteiger partial charge in [0.1, 0.15) is 0 Å². The number of anilines is 2. The fraction of sp³-hybridized carbons (Fsp3) is 0.650. The Labute approximate surface area is 146 Å². The van der Waals surface area contributed by atoms with Gasteiger partial charge in [0.2, 0.25) is 5.91 Å². The quantitative estimate of drug-likeness (QED) is 0.864. The molecule has 4 nitrogen and oxygen atoms in total. The Hall–Kier alpha value is -1.71. The lowest BCUT2D eigenvalue weighted by molar-refractivity contribution is -0.120. The summed E-state index contributed by atoms with van der Waals surface area (Å²) in [6.07, 6.45) is 8.63. The second-order valence-corrected chi connectivity index (χ2v) is 7.47. The van der Waals surface area contributed by atoms with Crippen LogP contribution in [0.1, 0.15) is 51.9 Å². The molecule has 1 aliphatic carbocycles. The second-order valence-electron chi connectivity index (χ2n) is 7.47. The van der Waals surface area contributed by atoms with Crippen LogP contribution in [0.3, 0.4) is 0 Å². The van der Waals surface area contributed by atoms with E-state index >= 15 is 0 Å². The SMILES string of the molecule is CC1CCN(c2ccc(NCC(=O)NC3CCCCC3)cc2)CC1. The van der Waals surface area contributed by atoms with E-state index in [1.165, 1.54) is 37.8 Å². The van der Waals surface area contributed by atoms with Crippen molar-refractivity contribution in [1.29, 1.82) is 0 Å². The van der Waals surface area contributed by atoms with Crippen molar-refractivity contribution in [2.45, 2.75) is 57.9 Å². The van der Waals surface area contributed by atoms with Gasteiger partial charge in [-0.3, -0.25) is 4.79 Å². The Kier molecular flexibility index (Phi) is 6.00. The molecule has 2 N–H and O–H groups in total. The summed E-state index contributed by atoms with van der Waals surface area (Å²) in [7, 11) is 0. The molecule has 1 saturated heterocycles. The average molecular weight is 329 g/mol. The Morgan fingerprint density at radius 3 is 2.38 bits per heavy atom. The third kappa shape index (κ3) is 4.89. The number of piperidine rings is 1. The smallest absolute Gasteiger partial charge is 0.239 e. The summed E-state index contributed by atoms with van der Waals surface area (Å²) in [5, 5.41) is 6.39. The zero-order valence-electron chi connectivity index (χ0n) is 14.9. The molecule has 4 heteroatoms. The highest BCUT2D eigenvalue weighted by molar-refractivity contribution is 5.81. The molecule has 1 aromatic rings. The Morgan fingerprint density at radius 2 is 1.71 bits per heavy atom. The van der Waals surface area contributed by atoms with Crippen LogP contribution in [-0.4, -0.2) is 31.6 Å². The molecule has 2 fully saturated rings. The Morgan fingerprint density at radius 1 is 1.04 bits per heavy atom. The van der Waals surface area contributed by atoms with E-state index in [4.69, 9.17) is 0 Å². The van der Waals surface area contributed by atoms with Gasteiger partial charge in [0, 0.05) is 30.5 Å². The van der Waals surface area contributed by atoms with Gasteiger partial charge in [0.15, 0.2) is 0 Å². The molecule has 2 aliphatic rings. The van der Waals surface area contributed by atoms with Crippen molar-refractivity contribution in [3.8, 4) is 0 Å². The van der Waals surface area contributed by atoms with Crippen LogP contribution in [0.4, 0.5) is 11.4 Å². The predicted octanol–water partition coefficient (Wildman–Crippen LogP) is 3.78. The third-order valence-corrected chi connectivity index (χ3v) is 5.44. The van der Waals surface area contributed by atoms with Crippen molar-refractivity contribution in [3.05, 3.63) is 24.3 Å². The lowest BCUT2D eigenvalue weighted by Crippen LogP contribution is -2.39. The number of benzene rings is 1. The van der Waals surface area contributed by atoms with Gasteiger partial charge in [-0.1, -0.05) is 26.2 Å². The minimum Gasteiger partial charge on any atom is -0.376 e. The summed E-state index contributed by atoms with van der Waals surface area (Å²) < 4.78 is 0. The van der Waals surface area contributed by atoms with Gasteiger partial charge in [0.25, 0.3) is 0 Å². The summed E-state index contributed by atoms with van der Waals surface area (Å²) in [6, 6.07) is 8.88. The van der Waals surface area contributed by atoms with E-state index in [2.05, 4.69) is 46.7 Å². The van der Waals surface area contributed by atoms with Crippen LogP contribution >= 0.6 is 0 Å². The highest BCUT2D eigenvalue weighted by Gasteiger charge is 2.16. The van der Waals surface area contributed by atoms with Crippen LogP contribution in [0.5, 0.6) is 0 Å². The van der Waals surface area contributed by atoms with Crippen LogP contribution < -0.4 is 15.5 Å². The first-order chi connectivity index (χ1) is 11.7. The van der Waals surface area contributed by atoms with Crippen LogP contribution in [0.25, 0.3) is 0 Å². The molecule has 1 aromatic carbocycles. The molecule has 0 spiro atoms. The van der Waals surface area contributed by atoms with E-state index in [1.807, 2.05) is 0 Å². The molecule has 0 unspecified atom stereocenters. The van der Waals surface area contributed by atoms with Gasteiger partial charge < -0.3 is 15.5 Å². The molecule has 1 aliphatic heterocycles. The first kappa shape index (κ1) is 17.1. The molecule has 0 radical (unpaired) electrons. The number of carbonyl (C=O) groups is 1. The van der Waals surface area contributed by atoms with E-state index in [1.54, 1.807) is 0 Å². The minimum atomic E-state index is 0.107. The van der Waals surface area contributed by atoms with Crippen molar-refractivity contribution in [1.82, 2.24) is 5.32 Å². The lowest BCUT2D eigenvalue weighted by atomic mass is 9.95. The number of rotatable bonds is 5. The summed E-state index contributed by atoms with van der Waals surface area (Å²) in [5.41, 5.74) is 2.31. The lowest BCUT2D eigenvalue weighted by Gasteiger charge is -2.32. The number of amides is 1. The molecule has 1 heterocycles. The average Bonchev–Trinajstić information content (AvgIpc) is 2.62. The molecule has 1 saturated carbocycles. The molecular weight excluding hydrogens is 298 g/mol. The molecular formula is C20H31N3O. The topological polar surface area (TPSA) is 44.4 Å². The Balaban J connectivity index is 1.43. The molecule has 132 valence electrons. The van der Waals surface area contributed by atoms with Crippen LogP contribution in [0, 0.1) is 5.92 Å². The maximum absolute atomic E-state index is 12.0. The maximum atomic E-state index is 12.0. The van der Waals surface area contributed by atoms with Crippen molar-refractivity contribution >= 4 is 17.3 Å². The van der Waals surface area contributed by atoms with E-state index in [0.29, 0.717) is 12.6 Å². The summed E-state index contributed by atoms with van der Waals surface area (Å²) in [5.74, 6) is 0.959. The second kappa shape index (κ2) is 8.41. The van der Waals surface area contributed by atoms with Gasteiger partial charge in [-0.05, 0) is 55.9 Å². The number of nitrogens with zero attached hydrogens (tertiary/aromatic N) is 1. The fourth-order valence-corrected chi connectivity index (χ4v) is 3.76. The zero-order chi connectivity index (χ0) is 16.8. The number of carbonyl (C=O) groups excluding carboxylic acids is 1. The van der Waals surface area contributed by atoms with Gasteiger partial charge in [-0.15, -0.1) is 0 Å². The number of nitrogens with one attached hydrogen (secondary N) is 2. The highest BCUT2D eigenvalue weighted by Crippen LogP contribution is 2.24. The maximum Gasteiger partial charge on any atom is 0.239 e. The molecule has 0 bridgehead atoms. The van der Waals surface area contributed by atoms with Crippen LogP contribution in [0.2, 0.25) is 0 Å². The van der Waals surface area contributed by atoms with E-state index in [9.17, 15) is 4.79 Å². The molecule has 0 aromatic heterocycles. The fourth-order valence-electron chi connectivity index (χ4n) is 3.76. The first-order valence-electron chi connectivity index (χ1n) is 9.59. The van der Waals surface area contributed by atoms with E-state index in [0.717, 1.165) is 37.5 Å². The molecule has 1 amide bonds. The van der Waals surface area contributed by atoms with Gasteiger partial charge in [-0.2, -0.15) is 0 Å². The van der Waals surface area contributed by atoms with E-state index in [-0.39, 0.29) is 5.91 Å².